The summed E-state index contributed by atoms with van der Waals surface area (Å²) in [6.07, 6.45) is 3.19. The van der Waals surface area contributed by atoms with Crippen LogP contribution >= 0.6 is 0 Å². The molecule has 3 aromatic carbocycles. The molecule has 28 heavy (non-hydrogen) atoms. The molecule has 0 aliphatic heterocycles. The molecule has 136 valence electrons. The van der Waals surface area contributed by atoms with Crippen molar-refractivity contribution in [2.45, 2.75) is 13.5 Å². The van der Waals surface area contributed by atoms with Crippen molar-refractivity contribution in [1.29, 1.82) is 5.26 Å². The fourth-order valence-electron chi connectivity index (χ4n) is 3.12. The van der Waals surface area contributed by atoms with E-state index in [1.807, 2.05) is 53.5 Å². The van der Waals surface area contributed by atoms with Gasteiger partial charge >= 0.3 is 0 Å². The van der Waals surface area contributed by atoms with Crippen molar-refractivity contribution in [3.63, 3.8) is 0 Å². The monoisotopic (exact) mass is 365 g/mol. The van der Waals surface area contributed by atoms with Gasteiger partial charge in [-0.1, -0.05) is 60.2 Å². The summed E-state index contributed by atoms with van der Waals surface area (Å²) < 4.78 is 0. The Morgan fingerprint density at radius 3 is 2.46 bits per heavy atom. The molecule has 0 aliphatic carbocycles. The van der Waals surface area contributed by atoms with E-state index in [0.29, 0.717) is 12.1 Å². The number of nitrogens with zero attached hydrogens (tertiary/aromatic N) is 5. The number of hydrogen-bond acceptors (Lipinski definition) is 4. The summed E-state index contributed by atoms with van der Waals surface area (Å²) in [6, 6.07) is 26.5. The molecular formula is C23H19N5. The molecule has 0 fully saturated rings. The minimum absolute atomic E-state index is 0.629. The van der Waals surface area contributed by atoms with Gasteiger partial charge in [0.05, 0.1) is 23.9 Å². The van der Waals surface area contributed by atoms with Crippen LogP contribution in [0.25, 0.3) is 11.1 Å². The van der Waals surface area contributed by atoms with Crippen LogP contribution in [0.3, 0.4) is 0 Å². The lowest BCUT2D eigenvalue weighted by atomic mass is 9.99. The average Bonchev–Trinajstić information content (AvgIpc) is 3.28. The highest BCUT2D eigenvalue weighted by molar-refractivity contribution is 5.74. The van der Waals surface area contributed by atoms with E-state index >= 15 is 0 Å². The van der Waals surface area contributed by atoms with Crippen LogP contribution in [-0.4, -0.2) is 14.9 Å². The van der Waals surface area contributed by atoms with Gasteiger partial charge in [-0.2, -0.15) is 10.1 Å². The third-order valence-corrected chi connectivity index (χ3v) is 4.61. The number of aromatic nitrogens is 3. The first-order valence-corrected chi connectivity index (χ1v) is 9.02. The summed E-state index contributed by atoms with van der Waals surface area (Å²) in [7, 11) is 0. The summed E-state index contributed by atoms with van der Waals surface area (Å²) in [4.78, 5) is 5.81. The molecule has 0 atom stereocenters. The second kappa shape index (κ2) is 7.77. The molecular weight excluding hydrogens is 346 g/mol. The van der Waals surface area contributed by atoms with Crippen molar-refractivity contribution < 1.29 is 0 Å². The minimum atomic E-state index is 0.629. The molecule has 0 radical (unpaired) electrons. The summed E-state index contributed by atoms with van der Waals surface area (Å²) in [5.74, 6) is 0. The predicted octanol–water partition coefficient (Wildman–Crippen LogP) is 4.60. The van der Waals surface area contributed by atoms with Crippen molar-refractivity contribution in [1.82, 2.24) is 14.9 Å². The highest BCUT2D eigenvalue weighted by Gasteiger charge is 2.14. The van der Waals surface area contributed by atoms with Gasteiger partial charge in [0.2, 0.25) is 0 Å². The molecule has 5 nitrogen and oxygen atoms in total. The first-order valence-electron chi connectivity index (χ1n) is 9.02. The van der Waals surface area contributed by atoms with Crippen LogP contribution in [0, 0.1) is 18.3 Å². The first-order chi connectivity index (χ1) is 13.7. The molecule has 4 rings (SSSR count). The van der Waals surface area contributed by atoms with Crippen LogP contribution in [0.4, 0.5) is 5.69 Å². The van der Waals surface area contributed by atoms with Crippen LogP contribution < -0.4 is 5.01 Å². The fourth-order valence-corrected chi connectivity index (χ4v) is 3.12. The molecule has 0 unspecified atom stereocenters. The zero-order chi connectivity index (χ0) is 19.3. The minimum Gasteiger partial charge on any atom is -0.260 e. The smallest absolute Gasteiger partial charge is 0.139 e. The summed E-state index contributed by atoms with van der Waals surface area (Å²) >= 11 is 0. The van der Waals surface area contributed by atoms with Crippen LogP contribution in [0.5, 0.6) is 0 Å². The maximum atomic E-state index is 9.56. The zero-order valence-corrected chi connectivity index (χ0v) is 15.5. The average molecular weight is 365 g/mol. The van der Waals surface area contributed by atoms with Gasteiger partial charge in [0.1, 0.15) is 12.7 Å². The van der Waals surface area contributed by atoms with Crippen LogP contribution in [0.1, 0.15) is 16.7 Å². The molecule has 0 bridgehead atoms. The van der Waals surface area contributed by atoms with E-state index in [-0.39, 0.29) is 0 Å². The topological polar surface area (TPSA) is 57.7 Å². The Balaban J connectivity index is 1.78. The van der Waals surface area contributed by atoms with Gasteiger partial charge in [-0.15, -0.1) is 5.10 Å². The maximum Gasteiger partial charge on any atom is 0.139 e. The number of rotatable bonds is 5. The zero-order valence-electron chi connectivity index (χ0n) is 15.5. The molecule has 0 amide bonds. The number of hydrogen-bond donors (Lipinski definition) is 0. The Morgan fingerprint density at radius 2 is 1.79 bits per heavy atom. The van der Waals surface area contributed by atoms with Crippen molar-refractivity contribution in [3.05, 3.63) is 102 Å². The van der Waals surface area contributed by atoms with Gasteiger partial charge in [-0.3, -0.25) is 5.01 Å². The second-order valence-electron chi connectivity index (χ2n) is 6.57. The summed E-state index contributed by atoms with van der Waals surface area (Å²) in [5.41, 5.74) is 5.87. The van der Waals surface area contributed by atoms with E-state index in [2.05, 4.69) is 47.3 Å². The number of anilines is 1. The maximum absolute atomic E-state index is 9.56. The van der Waals surface area contributed by atoms with Gasteiger partial charge in [-0.25, -0.2) is 4.98 Å². The van der Waals surface area contributed by atoms with Gasteiger partial charge in [-0.05, 0) is 36.2 Å². The van der Waals surface area contributed by atoms with Crippen molar-refractivity contribution in [3.8, 4) is 17.2 Å². The number of nitriles is 1. The van der Waals surface area contributed by atoms with E-state index < -0.39 is 0 Å². The summed E-state index contributed by atoms with van der Waals surface area (Å²) in [5, 5.41) is 15.9. The SMILES string of the molecule is Cc1ccc(CN(c2ccc(C#N)c(-c3ccccc3)c2)n2cncn2)cc1. The van der Waals surface area contributed by atoms with E-state index in [4.69, 9.17) is 0 Å². The Morgan fingerprint density at radius 1 is 1.00 bits per heavy atom. The molecule has 0 saturated heterocycles. The summed E-state index contributed by atoms with van der Waals surface area (Å²) in [6.45, 7) is 2.70. The van der Waals surface area contributed by atoms with Gasteiger partial charge in [0.25, 0.3) is 0 Å². The molecule has 0 saturated carbocycles. The highest BCUT2D eigenvalue weighted by atomic mass is 15.7. The molecule has 0 N–H and O–H groups in total. The quantitative estimate of drug-likeness (QED) is 0.519. The predicted molar refractivity (Wildman–Crippen MR) is 109 cm³/mol. The lowest BCUT2D eigenvalue weighted by Crippen LogP contribution is -2.29. The van der Waals surface area contributed by atoms with Crippen LogP contribution in [0.2, 0.25) is 0 Å². The van der Waals surface area contributed by atoms with E-state index in [1.165, 1.54) is 11.9 Å². The standard InChI is InChI=1S/C23H19N5/c1-18-7-9-19(10-8-18)15-27(28-17-25-16-26-28)22-12-11-21(14-24)23(13-22)20-5-3-2-4-6-20/h2-13,16-17H,15H2,1H3. The first kappa shape index (κ1) is 17.5. The largest absolute Gasteiger partial charge is 0.260 e. The van der Waals surface area contributed by atoms with Gasteiger partial charge in [0, 0.05) is 5.56 Å². The molecule has 4 aromatic rings. The second-order valence-corrected chi connectivity index (χ2v) is 6.57. The van der Waals surface area contributed by atoms with Crippen molar-refractivity contribution >= 4 is 5.69 Å². The Bertz CT molecular complexity index is 1090. The van der Waals surface area contributed by atoms with Gasteiger partial charge in [0.15, 0.2) is 0 Å². The Kier molecular flexibility index (Phi) is 4.85. The number of aryl methyl sites for hydroxylation is 1. The fraction of sp³-hybridized carbons (Fsp3) is 0.0870. The van der Waals surface area contributed by atoms with E-state index in [9.17, 15) is 5.26 Å². The van der Waals surface area contributed by atoms with Gasteiger partial charge < -0.3 is 0 Å². The van der Waals surface area contributed by atoms with E-state index in [0.717, 1.165) is 22.4 Å². The van der Waals surface area contributed by atoms with Crippen LogP contribution in [-0.2, 0) is 6.54 Å². The molecule has 0 spiro atoms. The molecule has 5 heteroatoms. The lowest BCUT2D eigenvalue weighted by molar-refractivity contribution is 0.610. The Labute approximate surface area is 164 Å². The third-order valence-electron chi connectivity index (χ3n) is 4.61. The van der Waals surface area contributed by atoms with Crippen LogP contribution in [0.15, 0.2) is 85.5 Å². The normalized spacial score (nSPS) is 10.4. The van der Waals surface area contributed by atoms with Crippen molar-refractivity contribution in [2.24, 2.45) is 0 Å². The Hall–Kier alpha value is -3.91. The van der Waals surface area contributed by atoms with Crippen molar-refractivity contribution in [2.75, 3.05) is 5.01 Å². The number of benzene rings is 3. The highest BCUT2D eigenvalue weighted by Crippen LogP contribution is 2.29. The lowest BCUT2D eigenvalue weighted by Gasteiger charge is -2.25. The molecule has 1 aromatic heterocycles. The van der Waals surface area contributed by atoms with E-state index in [1.54, 1.807) is 11.1 Å². The molecule has 1 heterocycles. The molecule has 0 aliphatic rings. The third kappa shape index (κ3) is 3.62.